The molecule has 3 atom stereocenters. The highest BCUT2D eigenvalue weighted by atomic mass is 19.4. The third kappa shape index (κ3) is 5.03. The molecular formula is C27H31F3N2O3. The molecule has 0 bridgehead atoms. The predicted molar refractivity (Wildman–Crippen MR) is 125 cm³/mol. The first-order valence-corrected chi connectivity index (χ1v) is 12.5. The zero-order chi connectivity index (χ0) is 24.7. The standard InChI is InChI=1S/C27H31F3N2O3/c1-16(26(33)34)24(18-4-5-18)19-6-7-20-15-35-23(14-21(20)13-19)17-8-11-32(12-9-17)25-22(27(28,29)30)3-2-10-31-25/h2-3,6-7,10,13,16-18,23-24H,4-5,8-9,11-12,14-15H2,1H3,(H,33,34). The van der Waals surface area contributed by atoms with Crippen LogP contribution >= 0.6 is 0 Å². The van der Waals surface area contributed by atoms with Crippen LogP contribution in [-0.2, 0) is 28.7 Å². The van der Waals surface area contributed by atoms with Crippen LogP contribution in [0.15, 0.2) is 36.5 Å². The second-order valence-electron chi connectivity index (χ2n) is 10.3. The Kier molecular flexibility index (Phi) is 6.51. The molecule has 3 heterocycles. The minimum atomic E-state index is -4.43. The summed E-state index contributed by atoms with van der Waals surface area (Å²) in [7, 11) is 0. The van der Waals surface area contributed by atoms with E-state index in [4.69, 9.17) is 4.74 Å². The quantitative estimate of drug-likeness (QED) is 0.568. The fourth-order valence-corrected chi connectivity index (χ4v) is 5.89. The molecule has 2 aliphatic heterocycles. The van der Waals surface area contributed by atoms with Crippen LogP contribution in [0.2, 0.25) is 0 Å². The zero-order valence-electron chi connectivity index (χ0n) is 19.8. The van der Waals surface area contributed by atoms with Gasteiger partial charge in [-0.05, 0) is 78.7 Å². The average molecular weight is 489 g/mol. The topological polar surface area (TPSA) is 62.7 Å². The van der Waals surface area contributed by atoms with Crippen molar-refractivity contribution in [2.45, 2.75) is 63.8 Å². The van der Waals surface area contributed by atoms with Crippen LogP contribution in [0.25, 0.3) is 0 Å². The van der Waals surface area contributed by atoms with Gasteiger partial charge in [0.25, 0.3) is 0 Å². The normalized spacial score (nSPS) is 23.0. The van der Waals surface area contributed by atoms with Gasteiger partial charge in [0.1, 0.15) is 5.82 Å². The number of hydrogen-bond acceptors (Lipinski definition) is 4. The van der Waals surface area contributed by atoms with Gasteiger partial charge in [0.15, 0.2) is 0 Å². The van der Waals surface area contributed by atoms with Gasteiger partial charge in [-0.15, -0.1) is 0 Å². The molecule has 1 aromatic carbocycles. The van der Waals surface area contributed by atoms with Crippen molar-refractivity contribution < 1.29 is 27.8 Å². The van der Waals surface area contributed by atoms with Crippen LogP contribution in [0.4, 0.5) is 19.0 Å². The molecule has 1 N–H and O–H groups in total. The van der Waals surface area contributed by atoms with Gasteiger partial charge in [-0.25, -0.2) is 4.98 Å². The molecule has 3 aliphatic rings. The summed E-state index contributed by atoms with van der Waals surface area (Å²) in [5, 5.41) is 9.62. The Balaban J connectivity index is 1.27. The summed E-state index contributed by atoms with van der Waals surface area (Å²) in [4.78, 5) is 17.5. The first-order valence-electron chi connectivity index (χ1n) is 12.5. The summed E-state index contributed by atoms with van der Waals surface area (Å²) in [5.41, 5.74) is 2.78. The van der Waals surface area contributed by atoms with E-state index in [1.54, 1.807) is 11.8 Å². The molecule has 1 aliphatic carbocycles. The number of nitrogens with zero attached hydrogens (tertiary/aromatic N) is 2. The Morgan fingerprint density at radius 1 is 1.14 bits per heavy atom. The van der Waals surface area contributed by atoms with Crippen molar-refractivity contribution in [2.24, 2.45) is 17.8 Å². The number of piperidine rings is 1. The smallest absolute Gasteiger partial charge is 0.419 e. The summed E-state index contributed by atoms with van der Waals surface area (Å²) in [6, 6.07) is 8.74. The number of rotatable bonds is 6. The van der Waals surface area contributed by atoms with Gasteiger partial charge in [0.2, 0.25) is 0 Å². The molecule has 1 saturated carbocycles. The van der Waals surface area contributed by atoms with E-state index < -0.39 is 23.6 Å². The number of pyridine rings is 1. The van der Waals surface area contributed by atoms with E-state index in [-0.39, 0.29) is 23.8 Å². The van der Waals surface area contributed by atoms with Crippen LogP contribution in [0.1, 0.15) is 60.8 Å². The highest BCUT2D eigenvalue weighted by molar-refractivity contribution is 5.71. The van der Waals surface area contributed by atoms with Crippen LogP contribution in [-0.4, -0.2) is 35.3 Å². The maximum absolute atomic E-state index is 13.4. The number of anilines is 1. The van der Waals surface area contributed by atoms with Crippen molar-refractivity contribution in [3.8, 4) is 0 Å². The molecule has 2 fully saturated rings. The third-order valence-electron chi connectivity index (χ3n) is 8.00. The molecule has 5 nitrogen and oxygen atoms in total. The number of halogens is 3. The van der Waals surface area contributed by atoms with Gasteiger partial charge < -0.3 is 14.7 Å². The molecule has 188 valence electrons. The summed E-state index contributed by atoms with van der Waals surface area (Å²) >= 11 is 0. The number of alkyl halides is 3. The van der Waals surface area contributed by atoms with Gasteiger partial charge >= 0.3 is 12.1 Å². The Morgan fingerprint density at radius 3 is 2.54 bits per heavy atom. The number of aromatic nitrogens is 1. The van der Waals surface area contributed by atoms with Gasteiger partial charge in [0, 0.05) is 19.3 Å². The van der Waals surface area contributed by atoms with Crippen molar-refractivity contribution in [1.29, 1.82) is 0 Å². The van der Waals surface area contributed by atoms with E-state index in [9.17, 15) is 23.1 Å². The highest BCUT2D eigenvalue weighted by Crippen LogP contribution is 2.47. The SMILES string of the molecule is CC(C(=O)O)C(c1ccc2c(c1)CC(C1CCN(c3ncccc3C(F)(F)F)CC1)OC2)C1CC1. The average Bonchev–Trinajstić information content (AvgIpc) is 3.68. The van der Waals surface area contributed by atoms with E-state index >= 15 is 0 Å². The fourth-order valence-electron chi connectivity index (χ4n) is 5.89. The summed E-state index contributed by atoms with van der Waals surface area (Å²) in [5.74, 6) is -0.436. The molecule has 3 unspecified atom stereocenters. The van der Waals surface area contributed by atoms with E-state index in [0.29, 0.717) is 25.6 Å². The molecule has 0 radical (unpaired) electrons. The highest BCUT2D eigenvalue weighted by Gasteiger charge is 2.40. The fraction of sp³-hybridized carbons (Fsp3) is 0.556. The molecule has 1 saturated heterocycles. The first-order chi connectivity index (χ1) is 16.7. The lowest BCUT2D eigenvalue weighted by atomic mass is 9.80. The van der Waals surface area contributed by atoms with E-state index in [1.165, 1.54) is 17.8 Å². The second kappa shape index (κ2) is 9.45. The molecule has 8 heteroatoms. The summed E-state index contributed by atoms with van der Waals surface area (Å²) < 4.78 is 46.5. The van der Waals surface area contributed by atoms with Gasteiger partial charge in [-0.1, -0.05) is 25.1 Å². The number of carbonyl (C=O) groups is 1. The summed E-state index contributed by atoms with van der Waals surface area (Å²) in [6.07, 6.45) is 1.40. The second-order valence-corrected chi connectivity index (χ2v) is 10.3. The molecule has 1 aromatic heterocycles. The molecule has 5 rings (SSSR count). The Morgan fingerprint density at radius 2 is 1.89 bits per heavy atom. The Labute approximate surface area is 203 Å². The van der Waals surface area contributed by atoms with Gasteiger partial charge in [-0.2, -0.15) is 13.2 Å². The van der Waals surface area contributed by atoms with Crippen molar-refractivity contribution in [2.75, 3.05) is 18.0 Å². The van der Waals surface area contributed by atoms with E-state index in [1.807, 2.05) is 0 Å². The number of carboxylic acid groups (broad SMARTS) is 1. The van der Waals surface area contributed by atoms with Crippen molar-refractivity contribution >= 4 is 11.8 Å². The molecular weight excluding hydrogens is 457 g/mol. The van der Waals surface area contributed by atoms with Crippen LogP contribution in [0, 0.1) is 17.8 Å². The maximum atomic E-state index is 13.4. The minimum absolute atomic E-state index is 0.0108. The van der Waals surface area contributed by atoms with Crippen LogP contribution in [0.5, 0.6) is 0 Å². The maximum Gasteiger partial charge on any atom is 0.419 e. The molecule has 2 aromatic rings. The number of hydrogen-bond donors (Lipinski definition) is 1. The van der Waals surface area contributed by atoms with Crippen molar-refractivity contribution in [3.63, 3.8) is 0 Å². The van der Waals surface area contributed by atoms with Gasteiger partial charge in [-0.3, -0.25) is 4.79 Å². The van der Waals surface area contributed by atoms with Gasteiger partial charge in [0.05, 0.1) is 24.2 Å². The minimum Gasteiger partial charge on any atom is -0.481 e. The lowest BCUT2D eigenvalue weighted by Crippen LogP contribution is -2.41. The Hall–Kier alpha value is -2.61. The molecule has 0 spiro atoms. The molecule has 0 amide bonds. The van der Waals surface area contributed by atoms with Crippen LogP contribution in [0.3, 0.4) is 0 Å². The number of aliphatic carboxylic acids is 1. The lowest BCUT2D eigenvalue weighted by Gasteiger charge is -2.39. The lowest BCUT2D eigenvalue weighted by molar-refractivity contribution is -0.142. The Bertz CT molecular complexity index is 1080. The number of ether oxygens (including phenoxy) is 1. The zero-order valence-corrected chi connectivity index (χ0v) is 19.8. The molecule has 35 heavy (non-hydrogen) atoms. The number of benzene rings is 1. The van der Waals surface area contributed by atoms with Crippen molar-refractivity contribution in [3.05, 3.63) is 58.8 Å². The van der Waals surface area contributed by atoms with E-state index in [0.717, 1.165) is 49.3 Å². The predicted octanol–water partition coefficient (Wildman–Crippen LogP) is 5.67. The largest absolute Gasteiger partial charge is 0.481 e. The number of carboxylic acids is 1. The van der Waals surface area contributed by atoms with Crippen molar-refractivity contribution in [1.82, 2.24) is 4.98 Å². The van der Waals surface area contributed by atoms with Crippen LogP contribution < -0.4 is 4.90 Å². The van der Waals surface area contributed by atoms with E-state index in [2.05, 4.69) is 23.2 Å². The number of fused-ring (bicyclic) bond motifs is 1. The summed E-state index contributed by atoms with van der Waals surface area (Å²) in [6.45, 7) is 3.34. The first kappa shape index (κ1) is 24.1. The monoisotopic (exact) mass is 488 g/mol. The third-order valence-corrected chi connectivity index (χ3v) is 8.00.